The molecule has 2 rings (SSSR count). The Labute approximate surface area is 71.4 Å². The number of hydrogen-bond acceptors (Lipinski definition) is 2. The van der Waals surface area contributed by atoms with Gasteiger partial charge in [-0.25, -0.2) is 0 Å². The molecule has 1 N–H and O–H groups in total. The van der Waals surface area contributed by atoms with Crippen LogP contribution in [-0.4, -0.2) is 11.8 Å². The fourth-order valence-electron chi connectivity index (χ4n) is 1.25. The summed E-state index contributed by atoms with van der Waals surface area (Å²) in [7, 11) is 2.43. The van der Waals surface area contributed by atoms with E-state index in [2.05, 4.69) is 14.6 Å². The topological polar surface area (TPSA) is 46.2 Å². The van der Waals surface area contributed by atoms with Crippen molar-refractivity contribution in [2.24, 2.45) is 0 Å². The summed E-state index contributed by atoms with van der Waals surface area (Å²) in [5, 5.41) is 2.99. The molecule has 0 saturated carbocycles. The summed E-state index contributed by atoms with van der Waals surface area (Å²) in [6.07, 6.45) is 0. The number of carbonyl (C=O) groups is 2. The summed E-state index contributed by atoms with van der Waals surface area (Å²) in [6.45, 7) is 0. The van der Waals surface area contributed by atoms with Crippen molar-refractivity contribution >= 4 is 26.4 Å². The Bertz CT molecular complexity index is 387. The quantitative estimate of drug-likeness (QED) is 0.452. The number of amides is 2. The van der Waals surface area contributed by atoms with Crippen molar-refractivity contribution in [2.75, 3.05) is 0 Å². The van der Waals surface area contributed by atoms with Gasteiger partial charge in [0, 0.05) is 0 Å². The summed E-state index contributed by atoms with van der Waals surface area (Å²) in [5.41, 5.74) is 0.944. The molecule has 1 unspecified atom stereocenters. The monoisotopic (exact) mass is 179 g/mol. The van der Waals surface area contributed by atoms with Crippen molar-refractivity contribution < 1.29 is 9.59 Å². The van der Waals surface area contributed by atoms with E-state index in [1.54, 1.807) is 18.2 Å². The first-order valence-electron chi connectivity index (χ1n) is 3.44. The van der Waals surface area contributed by atoms with Crippen LogP contribution in [0.3, 0.4) is 0 Å². The number of benzene rings is 1. The maximum absolute atomic E-state index is 11.2. The maximum Gasteiger partial charge on any atom is 0.259 e. The molecular formula is C8H6NO2P. The molecule has 60 valence electrons. The van der Waals surface area contributed by atoms with Crippen LogP contribution in [0, 0.1) is 0 Å². The molecule has 4 heteroatoms. The SMILES string of the molecule is O=C1NC(=O)c2c(P)cccc21. The highest BCUT2D eigenvalue weighted by molar-refractivity contribution is 7.27. The molecule has 1 aliphatic rings. The van der Waals surface area contributed by atoms with Crippen molar-refractivity contribution in [2.45, 2.75) is 0 Å². The number of imide groups is 1. The Kier molecular flexibility index (Phi) is 1.48. The second-order valence-corrected chi connectivity index (χ2v) is 3.18. The molecule has 1 heterocycles. The first kappa shape index (κ1) is 7.44. The molecule has 0 spiro atoms. The molecule has 12 heavy (non-hydrogen) atoms. The van der Waals surface area contributed by atoms with E-state index >= 15 is 0 Å². The lowest BCUT2D eigenvalue weighted by Crippen LogP contribution is -2.21. The van der Waals surface area contributed by atoms with Crippen molar-refractivity contribution in [1.82, 2.24) is 5.32 Å². The zero-order valence-electron chi connectivity index (χ0n) is 6.13. The van der Waals surface area contributed by atoms with Gasteiger partial charge in [-0.1, -0.05) is 12.1 Å². The number of nitrogens with one attached hydrogen (secondary N) is 1. The highest BCUT2D eigenvalue weighted by atomic mass is 31.0. The van der Waals surface area contributed by atoms with Gasteiger partial charge in [0.05, 0.1) is 11.1 Å². The highest BCUT2D eigenvalue weighted by Crippen LogP contribution is 2.14. The van der Waals surface area contributed by atoms with Crippen molar-refractivity contribution in [1.29, 1.82) is 0 Å². The standard InChI is InChI=1S/C8H6NO2P/c10-7-4-2-1-3-5(12)6(4)8(11)9-7/h1-3H,12H2,(H,9,10,11). The van der Waals surface area contributed by atoms with Gasteiger partial charge in [0.2, 0.25) is 0 Å². The van der Waals surface area contributed by atoms with Gasteiger partial charge in [0.15, 0.2) is 0 Å². The normalized spacial score (nSPS) is 14.4. The largest absolute Gasteiger partial charge is 0.288 e. The second kappa shape index (κ2) is 2.39. The van der Waals surface area contributed by atoms with Crippen molar-refractivity contribution in [3.05, 3.63) is 29.3 Å². The third kappa shape index (κ3) is 0.868. The first-order valence-corrected chi connectivity index (χ1v) is 4.02. The first-order chi connectivity index (χ1) is 5.70. The molecule has 0 fully saturated rings. The average molecular weight is 179 g/mol. The molecule has 0 bridgehead atoms. The predicted molar refractivity (Wildman–Crippen MR) is 47.6 cm³/mol. The van der Waals surface area contributed by atoms with Gasteiger partial charge in [-0.15, -0.1) is 9.24 Å². The number of fused-ring (bicyclic) bond motifs is 1. The van der Waals surface area contributed by atoms with Crippen molar-refractivity contribution in [3.63, 3.8) is 0 Å². The zero-order chi connectivity index (χ0) is 8.72. The molecule has 1 aromatic rings. The van der Waals surface area contributed by atoms with E-state index in [0.29, 0.717) is 11.1 Å². The van der Waals surface area contributed by atoms with Gasteiger partial charge in [-0.3, -0.25) is 14.9 Å². The Morgan fingerprint density at radius 1 is 1.17 bits per heavy atom. The van der Waals surface area contributed by atoms with E-state index in [4.69, 9.17) is 0 Å². The summed E-state index contributed by atoms with van der Waals surface area (Å²) in [6, 6.07) is 5.17. The van der Waals surface area contributed by atoms with Gasteiger partial charge < -0.3 is 0 Å². The molecule has 0 aromatic heterocycles. The summed E-state index contributed by atoms with van der Waals surface area (Å²) < 4.78 is 0. The Hall–Kier alpha value is -1.21. The van der Waals surface area contributed by atoms with Gasteiger partial charge in [-0.2, -0.15) is 0 Å². The molecule has 0 aliphatic carbocycles. The van der Waals surface area contributed by atoms with Crippen LogP contribution in [0.1, 0.15) is 20.7 Å². The number of hydrogen-bond donors (Lipinski definition) is 1. The number of carbonyl (C=O) groups excluding carboxylic acids is 2. The number of rotatable bonds is 0. The van der Waals surface area contributed by atoms with Crippen LogP contribution in [0.4, 0.5) is 0 Å². The van der Waals surface area contributed by atoms with E-state index < -0.39 is 0 Å². The lowest BCUT2D eigenvalue weighted by atomic mass is 10.1. The minimum atomic E-state index is -0.306. The average Bonchev–Trinajstić information content (AvgIpc) is 2.29. The summed E-state index contributed by atoms with van der Waals surface area (Å²) >= 11 is 0. The summed E-state index contributed by atoms with van der Waals surface area (Å²) in [4.78, 5) is 22.2. The highest BCUT2D eigenvalue weighted by Gasteiger charge is 2.27. The van der Waals surface area contributed by atoms with Crippen LogP contribution in [-0.2, 0) is 0 Å². The Morgan fingerprint density at radius 2 is 1.92 bits per heavy atom. The van der Waals surface area contributed by atoms with Crippen molar-refractivity contribution in [3.8, 4) is 0 Å². The van der Waals surface area contributed by atoms with E-state index in [1.165, 1.54) is 0 Å². The Balaban J connectivity index is 2.75. The molecule has 0 saturated heterocycles. The Morgan fingerprint density at radius 3 is 2.58 bits per heavy atom. The molecule has 0 radical (unpaired) electrons. The molecule has 2 amide bonds. The van der Waals surface area contributed by atoms with Gasteiger partial charge in [-0.05, 0) is 11.4 Å². The molecule has 1 aromatic carbocycles. The fourth-order valence-corrected chi connectivity index (χ4v) is 1.64. The minimum absolute atomic E-state index is 0.305. The lowest BCUT2D eigenvalue weighted by molar-refractivity contribution is 0.0880. The van der Waals surface area contributed by atoms with Crippen LogP contribution in [0.5, 0.6) is 0 Å². The van der Waals surface area contributed by atoms with Crippen LogP contribution >= 0.6 is 9.24 Å². The zero-order valence-corrected chi connectivity index (χ0v) is 7.28. The van der Waals surface area contributed by atoms with Crippen LogP contribution in [0.2, 0.25) is 0 Å². The third-order valence-corrected chi connectivity index (χ3v) is 2.28. The fraction of sp³-hybridized carbons (Fsp3) is 0. The smallest absolute Gasteiger partial charge is 0.259 e. The van der Waals surface area contributed by atoms with Gasteiger partial charge in [0.25, 0.3) is 11.8 Å². The van der Waals surface area contributed by atoms with Crippen LogP contribution in [0.15, 0.2) is 18.2 Å². The van der Waals surface area contributed by atoms with Crippen LogP contribution in [0.25, 0.3) is 0 Å². The molecule has 1 atom stereocenters. The van der Waals surface area contributed by atoms with E-state index in [-0.39, 0.29) is 11.8 Å². The maximum atomic E-state index is 11.2. The minimum Gasteiger partial charge on any atom is -0.288 e. The molecule has 3 nitrogen and oxygen atoms in total. The third-order valence-electron chi connectivity index (χ3n) is 1.80. The van der Waals surface area contributed by atoms with Gasteiger partial charge in [0.1, 0.15) is 0 Å². The van der Waals surface area contributed by atoms with E-state index in [9.17, 15) is 9.59 Å². The van der Waals surface area contributed by atoms with E-state index in [1.807, 2.05) is 0 Å². The molecule has 1 aliphatic heterocycles. The predicted octanol–water partition coefficient (Wildman–Crippen LogP) is 0.0706. The lowest BCUT2D eigenvalue weighted by Gasteiger charge is -1.96. The van der Waals surface area contributed by atoms with E-state index in [0.717, 1.165) is 5.30 Å². The molecular weight excluding hydrogens is 173 g/mol. The van der Waals surface area contributed by atoms with Crippen LogP contribution < -0.4 is 10.6 Å². The van der Waals surface area contributed by atoms with Gasteiger partial charge >= 0.3 is 0 Å². The second-order valence-electron chi connectivity index (χ2n) is 2.55. The summed E-state index contributed by atoms with van der Waals surface area (Å²) in [5.74, 6) is -0.611.